The zero-order valence-corrected chi connectivity index (χ0v) is 17.3. The number of carbonyl (C=O) groups excluding carboxylic acids is 1. The number of pyridine rings is 1. The van der Waals surface area contributed by atoms with E-state index in [2.05, 4.69) is 15.3 Å². The second-order valence-corrected chi connectivity index (χ2v) is 7.68. The fourth-order valence-electron chi connectivity index (χ4n) is 2.70. The van der Waals surface area contributed by atoms with Crippen LogP contribution in [-0.2, 0) is 13.0 Å². The lowest BCUT2D eigenvalue weighted by atomic mass is 10.1. The van der Waals surface area contributed by atoms with E-state index in [0.29, 0.717) is 40.8 Å². The first-order chi connectivity index (χ1) is 14.4. The molecule has 5 N–H and O–H groups in total. The second-order valence-electron chi connectivity index (χ2n) is 6.68. The summed E-state index contributed by atoms with van der Waals surface area (Å²) < 4.78 is 13.0. The molecule has 2 aromatic heterocycles. The van der Waals surface area contributed by atoms with Crippen LogP contribution >= 0.6 is 11.3 Å². The van der Waals surface area contributed by atoms with Gasteiger partial charge in [-0.25, -0.2) is 15.2 Å². The number of hydrogen-bond donors (Lipinski definition) is 3. The van der Waals surface area contributed by atoms with E-state index in [4.69, 9.17) is 11.6 Å². The van der Waals surface area contributed by atoms with E-state index in [-0.39, 0.29) is 11.7 Å². The van der Waals surface area contributed by atoms with Crippen LogP contribution in [-0.4, -0.2) is 27.4 Å². The highest BCUT2D eigenvalue weighted by Crippen LogP contribution is 2.22. The smallest absolute Gasteiger partial charge is 0.263 e. The van der Waals surface area contributed by atoms with Gasteiger partial charge in [0.05, 0.1) is 11.4 Å². The van der Waals surface area contributed by atoms with Gasteiger partial charge in [-0.3, -0.25) is 9.78 Å². The molecule has 0 atom stereocenters. The van der Waals surface area contributed by atoms with Crippen molar-refractivity contribution in [1.82, 2.24) is 20.3 Å². The lowest BCUT2D eigenvalue weighted by Gasteiger charge is -2.14. The van der Waals surface area contributed by atoms with Crippen LogP contribution in [0.4, 0.5) is 4.39 Å². The molecule has 0 saturated carbocycles. The number of aromatic nitrogens is 2. The first-order valence-corrected chi connectivity index (χ1v) is 10.1. The van der Waals surface area contributed by atoms with Gasteiger partial charge in [-0.05, 0) is 42.7 Å². The van der Waals surface area contributed by atoms with Gasteiger partial charge in [-0.1, -0.05) is 18.2 Å². The zero-order valence-electron chi connectivity index (χ0n) is 16.5. The molecule has 7 nitrogen and oxygen atoms in total. The fraction of sp³-hybridized carbons (Fsp3) is 0.190. The summed E-state index contributed by atoms with van der Waals surface area (Å²) in [6.07, 6.45) is 5.60. The average Bonchev–Trinajstić information content (AvgIpc) is 3.14. The van der Waals surface area contributed by atoms with E-state index in [9.17, 15) is 9.18 Å². The Labute approximate surface area is 178 Å². The molecule has 0 aliphatic carbocycles. The summed E-state index contributed by atoms with van der Waals surface area (Å²) in [5.41, 5.74) is 8.98. The predicted octanol–water partition coefficient (Wildman–Crippen LogP) is 2.59. The van der Waals surface area contributed by atoms with Crippen molar-refractivity contribution in [1.29, 1.82) is 0 Å². The van der Waals surface area contributed by atoms with Crippen LogP contribution in [0.25, 0.3) is 5.70 Å². The molecule has 30 heavy (non-hydrogen) atoms. The average molecular weight is 427 g/mol. The summed E-state index contributed by atoms with van der Waals surface area (Å²) in [5.74, 6) is 5.52. The number of halogens is 1. The molecule has 0 fully saturated rings. The lowest BCUT2D eigenvalue weighted by Crippen LogP contribution is -2.28. The number of nitrogens with zero attached hydrogens (tertiary/aromatic N) is 3. The molecule has 0 aliphatic rings. The SMILES string of the molecule is Cc1nc(/C(N)=C/N(N)CCc2ccc(F)cc2)sc1C(=O)NCc1cccnc1. The van der Waals surface area contributed by atoms with Crippen molar-refractivity contribution < 1.29 is 9.18 Å². The Hall–Kier alpha value is -3.30. The van der Waals surface area contributed by atoms with Crippen molar-refractivity contribution in [3.05, 3.63) is 87.5 Å². The molecule has 0 unspecified atom stereocenters. The largest absolute Gasteiger partial charge is 0.395 e. The summed E-state index contributed by atoms with van der Waals surface area (Å²) in [5, 5.41) is 4.84. The van der Waals surface area contributed by atoms with Gasteiger partial charge in [0.15, 0.2) is 0 Å². The maximum absolute atomic E-state index is 13.0. The van der Waals surface area contributed by atoms with Gasteiger partial charge in [0.1, 0.15) is 15.7 Å². The standard InChI is InChI=1S/C21H23FN6OS/c1-14-19(20(29)26-12-16-3-2-9-25-11-16)30-21(27-14)18(23)13-28(24)10-8-15-4-6-17(22)7-5-15/h2-7,9,11,13H,8,10,12,23-24H2,1H3,(H,26,29)/b18-13-. The van der Waals surface area contributed by atoms with Gasteiger partial charge in [-0.15, -0.1) is 11.3 Å². The maximum Gasteiger partial charge on any atom is 0.263 e. The Balaban J connectivity index is 1.59. The van der Waals surface area contributed by atoms with E-state index < -0.39 is 0 Å². The van der Waals surface area contributed by atoms with E-state index in [1.165, 1.54) is 28.5 Å². The number of amides is 1. The molecule has 3 rings (SSSR count). The molecule has 156 valence electrons. The minimum absolute atomic E-state index is 0.214. The molecule has 2 heterocycles. The van der Waals surface area contributed by atoms with Crippen LogP contribution in [0.15, 0.2) is 55.0 Å². The Morgan fingerprint density at radius 3 is 2.73 bits per heavy atom. The highest BCUT2D eigenvalue weighted by atomic mass is 32.1. The zero-order chi connectivity index (χ0) is 21.5. The molecule has 0 bridgehead atoms. The van der Waals surface area contributed by atoms with Gasteiger partial charge >= 0.3 is 0 Å². The van der Waals surface area contributed by atoms with Crippen LogP contribution in [0.1, 0.15) is 31.5 Å². The monoisotopic (exact) mass is 426 g/mol. The summed E-state index contributed by atoms with van der Waals surface area (Å²) in [4.78, 5) is 21.4. The van der Waals surface area contributed by atoms with Gasteiger partial charge < -0.3 is 16.1 Å². The third-order valence-corrected chi connectivity index (χ3v) is 5.51. The lowest BCUT2D eigenvalue weighted by molar-refractivity contribution is 0.0954. The summed E-state index contributed by atoms with van der Waals surface area (Å²) in [6.45, 7) is 2.64. The van der Waals surface area contributed by atoms with Crippen LogP contribution < -0.4 is 16.9 Å². The summed E-state index contributed by atoms with van der Waals surface area (Å²) in [6, 6.07) is 9.98. The number of rotatable bonds is 8. The number of nitrogens with two attached hydrogens (primary N) is 2. The Morgan fingerprint density at radius 2 is 2.03 bits per heavy atom. The third-order valence-electron chi connectivity index (χ3n) is 4.30. The van der Waals surface area contributed by atoms with Crippen molar-refractivity contribution >= 4 is 22.9 Å². The molecule has 9 heteroatoms. The molecule has 0 aliphatic heterocycles. The summed E-state index contributed by atoms with van der Waals surface area (Å²) in [7, 11) is 0. The highest BCUT2D eigenvalue weighted by molar-refractivity contribution is 7.14. The molecule has 1 aromatic carbocycles. The third kappa shape index (κ3) is 5.85. The van der Waals surface area contributed by atoms with Crippen molar-refractivity contribution in [3.63, 3.8) is 0 Å². The molecular formula is C21H23FN6OS. The topological polar surface area (TPSA) is 110 Å². The Bertz CT molecular complexity index is 1020. The highest BCUT2D eigenvalue weighted by Gasteiger charge is 2.16. The first-order valence-electron chi connectivity index (χ1n) is 9.30. The first kappa shape index (κ1) is 21.4. The van der Waals surface area contributed by atoms with Gasteiger partial charge in [0, 0.05) is 31.7 Å². The minimum atomic E-state index is -0.271. The predicted molar refractivity (Wildman–Crippen MR) is 115 cm³/mol. The molecule has 0 radical (unpaired) electrons. The van der Waals surface area contributed by atoms with Crippen molar-refractivity contribution in [2.24, 2.45) is 11.6 Å². The molecule has 0 saturated heterocycles. The van der Waals surface area contributed by atoms with E-state index in [1.807, 2.05) is 12.1 Å². The van der Waals surface area contributed by atoms with Crippen LogP contribution in [0.2, 0.25) is 0 Å². The van der Waals surface area contributed by atoms with E-state index in [0.717, 1.165) is 11.1 Å². The van der Waals surface area contributed by atoms with Crippen molar-refractivity contribution in [2.45, 2.75) is 19.9 Å². The number of carbonyl (C=O) groups is 1. The number of benzene rings is 1. The fourth-order valence-corrected chi connectivity index (χ4v) is 3.61. The van der Waals surface area contributed by atoms with Crippen molar-refractivity contribution in [2.75, 3.05) is 6.54 Å². The maximum atomic E-state index is 13.0. The van der Waals surface area contributed by atoms with Crippen molar-refractivity contribution in [3.8, 4) is 0 Å². The van der Waals surface area contributed by atoms with Crippen LogP contribution in [0.3, 0.4) is 0 Å². The molecule has 1 amide bonds. The second kappa shape index (κ2) is 9.95. The number of nitrogens with one attached hydrogen (secondary N) is 1. The number of hydrogen-bond acceptors (Lipinski definition) is 7. The minimum Gasteiger partial charge on any atom is -0.395 e. The van der Waals surface area contributed by atoms with Gasteiger partial charge in [0.25, 0.3) is 5.91 Å². The number of aryl methyl sites for hydroxylation is 1. The van der Waals surface area contributed by atoms with E-state index >= 15 is 0 Å². The normalized spacial score (nSPS) is 11.4. The summed E-state index contributed by atoms with van der Waals surface area (Å²) >= 11 is 1.21. The molecular weight excluding hydrogens is 403 g/mol. The van der Waals surface area contributed by atoms with Crippen LogP contribution in [0, 0.1) is 12.7 Å². The number of thiazole rings is 1. The van der Waals surface area contributed by atoms with Gasteiger partial charge in [0.2, 0.25) is 0 Å². The Kier molecular flexibility index (Phi) is 7.10. The molecule has 3 aromatic rings. The Morgan fingerprint density at radius 1 is 1.27 bits per heavy atom. The van der Waals surface area contributed by atoms with E-state index in [1.54, 1.807) is 37.7 Å². The van der Waals surface area contributed by atoms with Gasteiger partial charge in [-0.2, -0.15) is 0 Å². The quantitative estimate of drug-likeness (QED) is 0.377. The van der Waals surface area contributed by atoms with Crippen LogP contribution in [0.5, 0.6) is 0 Å². The molecule has 0 spiro atoms. The number of hydrazine groups is 1.